The van der Waals surface area contributed by atoms with E-state index in [4.69, 9.17) is 18.9 Å². The fraction of sp³-hybridized carbons (Fsp3) is 0.939. The van der Waals surface area contributed by atoms with Gasteiger partial charge in [-0.1, -0.05) is 32.1 Å². The molecule has 18 N–H and O–H groups in total. The molecule has 720 valence electrons. The Kier molecular flexibility index (Phi) is 41.7. The largest absolute Gasteiger partial charge is 0.398 e. The van der Waals surface area contributed by atoms with E-state index >= 15 is 0 Å². The zero-order valence-corrected chi connectivity index (χ0v) is 70.4. The molecule has 2 aliphatic heterocycles. The Hall–Kier alpha value is -3.30. The molecule has 0 saturated carbocycles. The van der Waals surface area contributed by atoms with Gasteiger partial charge in [0.25, 0.3) is 11.8 Å². The molecule has 18 atom stereocenters. The molecule has 0 aromatic rings. The zero-order chi connectivity index (χ0) is 94.3. The Morgan fingerprint density at radius 3 is 0.702 bits per heavy atom. The van der Waals surface area contributed by atoms with Crippen molar-refractivity contribution in [2.45, 2.75) is 155 Å². The van der Waals surface area contributed by atoms with Crippen molar-refractivity contribution in [1.29, 1.82) is 0 Å². The summed E-state index contributed by atoms with van der Waals surface area (Å²) in [6.45, 7) is -11.5. The van der Waals surface area contributed by atoms with Crippen LogP contribution in [-0.4, -0.2) is 369 Å². The third-order valence-corrected chi connectivity index (χ3v) is 20.4. The van der Waals surface area contributed by atoms with E-state index in [2.05, 4.69) is 66.9 Å². The fourth-order valence-electron chi connectivity index (χ4n) is 9.44. The van der Waals surface area contributed by atoms with Crippen LogP contribution in [0.1, 0.15) is 44.9 Å². The van der Waals surface area contributed by atoms with E-state index in [9.17, 15) is 217 Å². The summed E-state index contributed by atoms with van der Waals surface area (Å²) < 4.78 is 628. The van der Waals surface area contributed by atoms with E-state index < -0.39 is 341 Å². The van der Waals surface area contributed by atoms with Gasteiger partial charge in [-0.2, -0.15) is 135 Å². The van der Waals surface area contributed by atoms with Gasteiger partial charge < -0.3 is 29.6 Å². The summed E-state index contributed by atoms with van der Waals surface area (Å²) in [5.74, 6) is -4.73. The standard InChI is InChI=1S/C33H62N2O70S16/c36-30(26(102-118(74,75)76)22(98-114(62,63)64)18(16(94-110(50,51)52)12-88-108(44,45)46)92-32-28(104-120(80,81)82)24(100-116(68,69)70)20(96-112(56,57)58)14(90-32)10-86-106(38,39)40)34-8-6-4-2-1-3-5-7-9-35-31(37)27(103-119(77,78)79)23(99-115(65,66)67)19(17(95-111(53,54)55)13-89-109(47,48)49)93-33-29(105-121(83,84)85)25(101-117(71,72)73)21(97-113(59,60)61)15(91-33)11-87-107(41,42)43/h14-29,32-33H,1-13H2,(H,34,36)(H,35,37)(H,38,39,40)(H,41,42,43)(H,44,45,46)(H,47,48,49)(H,50,51,52)(H,53,54,55)(H,56,57,58)(H,59,60,61)(H,62,63,64)(H,65,66,67)(H,68,69,70)(H,71,72,73)(H,74,75,76)(H,77,78,79)(H,80,81,82)(H,83,84,85)/t14-,15+,16+,17-,18-,19-,20+,21-,22-,23-,24-,25-,26-,27+,28?,29-,32-,33+/m0/s1. The van der Waals surface area contributed by atoms with Crippen LogP contribution in [-0.2, 0) is 262 Å². The molecule has 121 heavy (non-hydrogen) atoms. The Morgan fingerprint density at radius 1 is 0.256 bits per heavy atom. The van der Waals surface area contributed by atoms with Crippen molar-refractivity contribution in [2.75, 3.05) is 39.5 Å². The van der Waals surface area contributed by atoms with Crippen LogP contribution in [0, 0.1) is 0 Å². The minimum absolute atomic E-state index is 0.112. The molecule has 0 spiro atoms. The smallest absolute Gasteiger partial charge is 0.354 e. The molecule has 2 aliphatic rings. The van der Waals surface area contributed by atoms with E-state index in [1.54, 1.807) is 10.6 Å². The monoisotopic (exact) mass is 2120 g/mol. The molecular weight excluding hydrogens is 2060 g/mol. The summed E-state index contributed by atoms with van der Waals surface area (Å²) in [5, 5.41) is 3.37. The predicted molar refractivity (Wildman–Crippen MR) is 352 cm³/mol. The first-order chi connectivity index (χ1) is 53.8. The highest BCUT2D eigenvalue weighted by molar-refractivity contribution is 7.84. The van der Waals surface area contributed by atoms with Gasteiger partial charge in [-0.15, -0.1) is 0 Å². The van der Waals surface area contributed by atoms with E-state index in [0.29, 0.717) is 0 Å². The molecule has 88 heteroatoms. The van der Waals surface area contributed by atoms with Crippen molar-refractivity contribution in [3.63, 3.8) is 0 Å². The second kappa shape index (κ2) is 44.3. The van der Waals surface area contributed by atoms with Gasteiger partial charge in [0.2, 0.25) is 0 Å². The molecule has 0 radical (unpaired) electrons. The predicted octanol–water partition coefficient (Wildman–Crippen LogP) is -12.3. The van der Waals surface area contributed by atoms with Crippen molar-refractivity contribution in [3.05, 3.63) is 0 Å². The summed E-state index contributed by atoms with van der Waals surface area (Å²) in [7, 11) is -103. The quantitative estimate of drug-likeness (QED) is 0.0199. The van der Waals surface area contributed by atoms with Crippen LogP contribution in [0.25, 0.3) is 0 Å². The summed E-state index contributed by atoms with van der Waals surface area (Å²) in [6, 6.07) is 0. The van der Waals surface area contributed by atoms with Crippen LogP contribution in [0.5, 0.6) is 0 Å². The highest BCUT2D eigenvalue weighted by atomic mass is 32.3. The number of nitrogens with one attached hydrogen (secondary N) is 2. The van der Waals surface area contributed by atoms with Crippen molar-refractivity contribution in [3.8, 4) is 0 Å². The van der Waals surface area contributed by atoms with Crippen LogP contribution in [0.4, 0.5) is 0 Å². The highest BCUT2D eigenvalue weighted by Gasteiger charge is 2.60. The molecule has 72 nitrogen and oxygen atoms in total. The van der Waals surface area contributed by atoms with E-state index in [-0.39, 0.29) is 32.1 Å². The van der Waals surface area contributed by atoms with Gasteiger partial charge >= 0.3 is 166 Å². The second-order valence-corrected chi connectivity index (χ2v) is 39.1. The van der Waals surface area contributed by atoms with Gasteiger partial charge in [0.05, 0.1) is 26.4 Å². The average Bonchev–Trinajstić information content (AvgIpc) is 0.766. The first kappa shape index (κ1) is 114. The molecule has 2 rings (SSSR count). The molecule has 0 bridgehead atoms. The van der Waals surface area contributed by atoms with Crippen LogP contribution in [0.3, 0.4) is 0 Å². The Balaban J connectivity index is 2.80. The first-order valence-corrected chi connectivity index (χ1v) is 51.1. The maximum Gasteiger partial charge on any atom is 0.398 e. The number of rotatable bonds is 58. The molecule has 0 aromatic carbocycles. The highest BCUT2D eigenvalue weighted by Crippen LogP contribution is 2.38. The Morgan fingerprint density at radius 2 is 0.479 bits per heavy atom. The second-order valence-electron chi connectivity index (χ2n) is 22.1. The van der Waals surface area contributed by atoms with Gasteiger partial charge in [0.15, 0.2) is 37.0 Å². The van der Waals surface area contributed by atoms with Crippen molar-refractivity contribution < 1.29 is 303 Å². The molecule has 0 aliphatic carbocycles. The van der Waals surface area contributed by atoms with E-state index in [1.807, 2.05) is 0 Å². The topological polar surface area (TPSA) is 1110 Å². The molecule has 2 fully saturated rings. The van der Waals surface area contributed by atoms with Gasteiger partial charge in [-0.3, -0.25) is 82.4 Å². The van der Waals surface area contributed by atoms with Crippen molar-refractivity contribution in [1.82, 2.24) is 10.6 Å². The third kappa shape index (κ3) is 50.3. The molecule has 2 heterocycles. The Labute approximate surface area is 682 Å². The maximum atomic E-state index is 14.0. The average molecular weight is 2120 g/mol. The fourth-order valence-corrected chi connectivity index (χ4v) is 16.5. The number of hydrogen-bond acceptors (Lipinski definition) is 54. The van der Waals surface area contributed by atoms with Gasteiger partial charge in [-0.05, 0) is 12.8 Å². The van der Waals surface area contributed by atoms with Crippen LogP contribution < -0.4 is 10.6 Å². The number of unbranched alkanes of at least 4 members (excludes halogenated alkanes) is 6. The lowest BCUT2D eigenvalue weighted by Gasteiger charge is -2.45. The summed E-state index contributed by atoms with van der Waals surface area (Å²) in [6.07, 6.45) is -69.3. The lowest BCUT2D eigenvalue weighted by atomic mass is 9.98. The summed E-state index contributed by atoms with van der Waals surface area (Å²) in [4.78, 5) is 28.0. The molecule has 1 unspecified atom stereocenters. The maximum absolute atomic E-state index is 14.0. The lowest BCUT2D eigenvalue weighted by Crippen LogP contribution is -2.65. The first-order valence-electron chi connectivity index (χ1n) is 29.3. The number of amides is 2. The van der Waals surface area contributed by atoms with E-state index in [0.717, 1.165) is 0 Å². The van der Waals surface area contributed by atoms with Gasteiger partial charge in [0.1, 0.15) is 73.2 Å². The normalized spacial score (nSPS) is 23.7. The van der Waals surface area contributed by atoms with Crippen molar-refractivity contribution in [2.24, 2.45) is 0 Å². The Bertz CT molecular complexity index is 5150. The third-order valence-electron chi connectivity index (χ3n) is 13.0. The molecule has 2 amide bonds. The van der Waals surface area contributed by atoms with Crippen LogP contribution >= 0.6 is 0 Å². The molecule has 0 aromatic heterocycles. The molecule has 2 saturated heterocycles. The summed E-state index contributed by atoms with van der Waals surface area (Å²) in [5.41, 5.74) is 0. The van der Waals surface area contributed by atoms with Crippen LogP contribution in [0.2, 0.25) is 0 Å². The minimum Gasteiger partial charge on any atom is -0.354 e. The zero-order valence-electron chi connectivity index (χ0n) is 57.3. The number of hydrogen-bond donors (Lipinski definition) is 18. The van der Waals surface area contributed by atoms with Gasteiger partial charge in [-0.25, -0.2) is 66.9 Å². The van der Waals surface area contributed by atoms with Crippen LogP contribution in [0.15, 0.2) is 0 Å². The van der Waals surface area contributed by atoms with E-state index in [1.165, 1.54) is 0 Å². The van der Waals surface area contributed by atoms with Crippen molar-refractivity contribution >= 4 is 178 Å². The SMILES string of the molecule is O=C(NCCCCCCCCCNC(=O)[C@H](OS(=O)(=O)O)[C@@H](OS(=O)(=O)O)[C@@H](O[C@H]1O[C@H](COS(=O)(=O)O)[C@H](OS(=O)(=O)O)[C@H](OS(=O)(=O)O)[C@@H]1OS(=O)(=O)O)[C@H](COS(=O)(=O)O)OS(=O)(=O)O)[C@@H](OS(=O)(=O)O)[C@@H](OS(=O)(=O)O)[C@@H](O[C@@H]1O[C@@H](COS(=O)(=O)O)[C@@H](OS(=O)(=O)O)[C@H](OS(=O)(=O)O)C1OS(=O)(=O)O)[C@@H](COS(=O)(=O)O)OS(=O)(=O)O. The number of ether oxygens (including phenoxy) is 4. The van der Waals surface area contributed by atoms with Gasteiger partial charge in [0, 0.05) is 13.1 Å². The molecular formula is C33H62N2O70S16. The minimum atomic E-state index is -6.72. The number of carbonyl (C=O) groups is 2. The lowest BCUT2D eigenvalue weighted by molar-refractivity contribution is -0.312. The number of carbonyl (C=O) groups excluding carboxylic acids is 2. The summed E-state index contributed by atoms with van der Waals surface area (Å²) >= 11 is 0.